The van der Waals surface area contributed by atoms with Crippen molar-refractivity contribution in [2.45, 2.75) is 51.9 Å². The van der Waals surface area contributed by atoms with Crippen molar-refractivity contribution in [2.24, 2.45) is 0 Å². The largest absolute Gasteiger partial charge is 0.376 e. The molecule has 1 saturated heterocycles. The molecule has 1 heterocycles. The molecule has 0 radical (unpaired) electrons. The molecule has 1 rings (SSSR count). The van der Waals surface area contributed by atoms with E-state index in [4.69, 9.17) is 10.00 Å². The number of morpholine rings is 1. The van der Waals surface area contributed by atoms with Gasteiger partial charge in [0.15, 0.2) is 0 Å². The first-order valence-corrected chi connectivity index (χ1v) is 6.04. The number of ether oxygens (including phenoxy) is 1. The average Bonchev–Trinajstić information content (AvgIpc) is 2.21. The molecule has 16 heavy (non-hydrogen) atoms. The van der Waals surface area contributed by atoms with Crippen molar-refractivity contribution < 1.29 is 4.74 Å². The third kappa shape index (κ3) is 4.09. The van der Waals surface area contributed by atoms with Crippen molar-refractivity contribution in [2.75, 3.05) is 19.7 Å². The first-order chi connectivity index (χ1) is 7.52. The number of hydrogen-bond acceptors (Lipinski definition) is 4. The quantitative estimate of drug-likeness (QED) is 0.775. The summed E-state index contributed by atoms with van der Waals surface area (Å²) in [6.07, 6.45) is 0.273. The molecule has 1 aliphatic rings. The second-order valence-electron chi connectivity index (χ2n) is 4.95. The fraction of sp³-hybridized carbons (Fsp3) is 0.917. The molecule has 0 aromatic carbocycles. The van der Waals surface area contributed by atoms with E-state index in [0.29, 0.717) is 12.1 Å². The van der Waals surface area contributed by atoms with Crippen LogP contribution in [0.15, 0.2) is 0 Å². The van der Waals surface area contributed by atoms with Crippen LogP contribution in [0.3, 0.4) is 0 Å². The summed E-state index contributed by atoms with van der Waals surface area (Å²) in [4.78, 5) is 2.33. The van der Waals surface area contributed by atoms with Crippen molar-refractivity contribution in [1.82, 2.24) is 10.2 Å². The van der Waals surface area contributed by atoms with E-state index >= 15 is 0 Å². The Balaban J connectivity index is 2.47. The van der Waals surface area contributed by atoms with E-state index in [1.807, 2.05) is 0 Å². The lowest BCUT2D eigenvalue weighted by Crippen LogP contribution is -2.52. The maximum atomic E-state index is 9.09. The first kappa shape index (κ1) is 13.4. The molecular weight excluding hydrogens is 202 g/mol. The number of nitrogens with one attached hydrogen (secondary N) is 1. The standard InChI is InChI=1S/C12H23N3O/c1-9(2)14-12(5-13)7-15-6-11(4)16-8-10(15)3/h9-12,14H,6-8H2,1-4H3. The van der Waals surface area contributed by atoms with Gasteiger partial charge in [-0.2, -0.15) is 5.26 Å². The van der Waals surface area contributed by atoms with Crippen molar-refractivity contribution >= 4 is 0 Å². The van der Waals surface area contributed by atoms with Gasteiger partial charge in [0, 0.05) is 25.2 Å². The molecule has 0 amide bonds. The smallest absolute Gasteiger partial charge is 0.108 e. The van der Waals surface area contributed by atoms with Crippen LogP contribution in [0.25, 0.3) is 0 Å². The minimum Gasteiger partial charge on any atom is -0.376 e. The van der Waals surface area contributed by atoms with Crippen LogP contribution in [0.2, 0.25) is 0 Å². The van der Waals surface area contributed by atoms with Crippen LogP contribution < -0.4 is 5.32 Å². The van der Waals surface area contributed by atoms with Gasteiger partial charge in [-0.1, -0.05) is 0 Å². The molecular formula is C12H23N3O. The molecule has 0 saturated carbocycles. The molecule has 0 bridgehead atoms. The lowest BCUT2D eigenvalue weighted by Gasteiger charge is -2.37. The van der Waals surface area contributed by atoms with Gasteiger partial charge in [0.1, 0.15) is 6.04 Å². The summed E-state index contributed by atoms with van der Waals surface area (Å²) in [6, 6.07) is 2.98. The highest BCUT2D eigenvalue weighted by Gasteiger charge is 2.25. The van der Waals surface area contributed by atoms with E-state index in [-0.39, 0.29) is 12.1 Å². The number of rotatable bonds is 4. The molecule has 0 spiro atoms. The SMILES string of the molecule is CC(C)NC(C#N)CN1CC(C)OCC1C. The zero-order valence-electron chi connectivity index (χ0n) is 10.7. The second kappa shape index (κ2) is 6.19. The predicted octanol–water partition coefficient (Wildman–Crippen LogP) is 0.986. The molecule has 1 N–H and O–H groups in total. The summed E-state index contributed by atoms with van der Waals surface area (Å²) >= 11 is 0. The Morgan fingerprint density at radius 2 is 2.19 bits per heavy atom. The van der Waals surface area contributed by atoms with E-state index in [2.05, 4.69) is 44.0 Å². The zero-order valence-corrected chi connectivity index (χ0v) is 10.7. The van der Waals surface area contributed by atoms with Crippen molar-refractivity contribution in [3.05, 3.63) is 0 Å². The van der Waals surface area contributed by atoms with E-state index < -0.39 is 0 Å². The highest BCUT2D eigenvalue weighted by atomic mass is 16.5. The van der Waals surface area contributed by atoms with Crippen LogP contribution in [0.4, 0.5) is 0 Å². The Kier molecular flexibility index (Phi) is 5.20. The fourth-order valence-corrected chi connectivity index (χ4v) is 1.99. The van der Waals surface area contributed by atoms with E-state index in [0.717, 1.165) is 19.7 Å². The van der Waals surface area contributed by atoms with Crippen LogP contribution in [0.5, 0.6) is 0 Å². The van der Waals surface area contributed by atoms with Gasteiger partial charge in [0.25, 0.3) is 0 Å². The van der Waals surface area contributed by atoms with Gasteiger partial charge in [0.05, 0.1) is 18.8 Å². The molecule has 4 nitrogen and oxygen atoms in total. The van der Waals surface area contributed by atoms with Gasteiger partial charge in [-0.05, 0) is 27.7 Å². The first-order valence-electron chi connectivity index (χ1n) is 6.04. The normalized spacial score (nSPS) is 29.0. The molecule has 1 fully saturated rings. The van der Waals surface area contributed by atoms with Crippen LogP contribution in [-0.2, 0) is 4.74 Å². The summed E-state index contributed by atoms with van der Waals surface area (Å²) in [7, 11) is 0. The second-order valence-corrected chi connectivity index (χ2v) is 4.95. The van der Waals surface area contributed by atoms with Gasteiger partial charge in [-0.15, -0.1) is 0 Å². The monoisotopic (exact) mass is 225 g/mol. The molecule has 0 aliphatic carbocycles. The Labute approximate surface area is 98.6 Å². The Bertz CT molecular complexity index is 249. The molecule has 4 heteroatoms. The Morgan fingerprint density at radius 3 is 2.75 bits per heavy atom. The van der Waals surface area contributed by atoms with Gasteiger partial charge >= 0.3 is 0 Å². The van der Waals surface area contributed by atoms with E-state index in [1.165, 1.54) is 0 Å². The zero-order chi connectivity index (χ0) is 12.1. The van der Waals surface area contributed by atoms with Gasteiger partial charge in [0.2, 0.25) is 0 Å². The fourth-order valence-electron chi connectivity index (χ4n) is 1.99. The summed E-state index contributed by atoms with van der Waals surface area (Å²) < 4.78 is 5.57. The van der Waals surface area contributed by atoms with E-state index in [9.17, 15) is 0 Å². The van der Waals surface area contributed by atoms with E-state index in [1.54, 1.807) is 0 Å². The molecule has 3 unspecified atom stereocenters. The maximum absolute atomic E-state index is 9.09. The van der Waals surface area contributed by atoms with Crippen molar-refractivity contribution in [1.29, 1.82) is 5.26 Å². The topological polar surface area (TPSA) is 48.3 Å². The molecule has 0 aromatic heterocycles. The maximum Gasteiger partial charge on any atom is 0.108 e. The Morgan fingerprint density at radius 1 is 1.50 bits per heavy atom. The third-order valence-corrected chi connectivity index (χ3v) is 2.84. The highest BCUT2D eigenvalue weighted by molar-refractivity contribution is 4.94. The van der Waals surface area contributed by atoms with Crippen molar-refractivity contribution in [3.63, 3.8) is 0 Å². The van der Waals surface area contributed by atoms with Crippen molar-refractivity contribution in [3.8, 4) is 6.07 Å². The number of nitrogens with zero attached hydrogens (tertiary/aromatic N) is 2. The summed E-state index contributed by atoms with van der Waals surface area (Å²) in [5, 5.41) is 12.4. The lowest BCUT2D eigenvalue weighted by atomic mass is 10.1. The van der Waals surface area contributed by atoms with Gasteiger partial charge < -0.3 is 4.74 Å². The summed E-state index contributed by atoms with van der Waals surface area (Å²) in [5.41, 5.74) is 0. The summed E-state index contributed by atoms with van der Waals surface area (Å²) in [5.74, 6) is 0. The minimum atomic E-state index is -0.0900. The molecule has 1 aliphatic heterocycles. The third-order valence-electron chi connectivity index (χ3n) is 2.84. The predicted molar refractivity (Wildman–Crippen MR) is 64.1 cm³/mol. The van der Waals surface area contributed by atoms with Gasteiger partial charge in [-0.25, -0.2) is 0 Å². The lowest BCUT2D eigenvalue weighted by molar-refractivity contribution is -0.0506. The van der Waals surface area contributed by atoms with Crippen LogP contribution in [-0.4, -0.2) is 48.8 Å². The summed E-state index contributed by atoms with van der Waals surface area (Å²) in [6.45, 7) is 10.8. The number of nitriles is 1. The minimum absolute atomic E-state index is 0.0900. The molecule has 0 aromatic rings. The van der Waals surface area contributed by atoms with Crippen LogP contribution >= 0.6 is 0 Å². The highest BCUT2D eigenvalue weighted by Crippen LogP contribution is 2.11. The number of hydrogen-bond donors (Lipinski definition) is 1. The molecule has 3 atom stereocenters. The van der Waals surface area contributed by atoms with Gasteiger partial charge in [-0.3, -0.25) is 10.2 Å². The molecule has 92 valence electrons. The Hall–Kier alpha value is -0.630. The average molecular weight is 225 g/mol. The van der Waals surface area contributed by atoms with Crippen LogP contribution in [0, 0.1) is 11.3 Å². The van der Waals surface area contributed by atoms with Crippen LogP contribution in [0.1, 0.15) is 27.7 Å².